The lowest BCUT2D eigenvalue weighted by atomic mass is 10.2. The zero-order valence-corrected chi connectivity index (χ0v) is 13.5. The Bertz CT molecular complexity index is 430. The Kier molecular flexibility index (Phi) is 7.01. The number of thioether (sulfide) groups is 1. The fourth-order valence-corrected chi connectivity index (χ4v) is 2.79. The van der Waals surface area contributed by atoms with E-state index >= 15 is 0 Å². The fourth-order valence-electron chi connectivity index (χ4n) is 1.86. The molecule has 0 spiro atoms. The van der Waals surface area contributed by atoms with E-state index < -0.39 is 0 Å². The molecule has 1 rings (SSSR count). The van der Waals surface area contributed by atoms with Crippen LogP contribution in [0.15, 0.2) is 5.16 Å². The van der Waals surface area contributed by atoms with E-state index in [9.17, 15) is 4.79 Å². The molecule has 114 valence electrons. The highest BCUT2D eigenvalue weighted by molar-refractivity contribution is 8.00. The Hall–Kier alpha value is -1.08. The second-order valence-corrected chi connectivity index (χ2v) is 6.06. The molecule has 0 saturated carbocycles. The molecule has 0 aliphatic rings. The number of nitrogens with zero attached hydrogens (tertiary/aromatic N) is 3. The second kappa shape index (κ2) is 8.26. The highest BCUT2D eigenvalue weighted by Gasteiger charge is 2.20. The number of aryl methyl sites for hydroxylation is 1. The Morgan fingerprint density at radius 2 is 2.05 bits per heavy atom. The number of hydrogen-bond acceptors (Lipinski definition) is 5. The van der Waals surface area contributed by atoms with E-state index in [-0.39, 0.29) is 17.2 Å². The molecule has 0 saturated heterocycles. The largest absolute Gasteiger partial charge is 0.352 e. The molecule has 0 fully saturated rings. The van der Waals surface area contributed by atoms with Crippen molar-refractivity contribution >= 4 is 17.7 Å². The van der Waals surface area contributed by atoms with E-state index in [0.717, 1.165) is 23.8 Å². The van der Waals surface area contributed by atoms with Gasteiger partial charge in [-0.2, -0.15) is 0 Å². The first-order valence-electron chi connectivity index (χ1n) is 7.10. The molecular weight excluding hydrogens is 274 g/mol. The predicted octanol–water partition coefficient (Wildman–Crippen LogP) is 1.33. The van der Waals surface area contributed by atoms with Crippen LogP contribution < -0.4 is 11.1 Å². The van der Waals surface area contributed by atoms with Gasteiger partial charge in [-0.1, -0.05) is 25.6 Å². The first kappa shape index (κ1) is 17.0. The summed E-state index contributed by atoms with van der Waals surface area (Å²) in [6, 6.07) is 0.245. The zero-order valence-electron chi connectivity index (χ0n) is 12.7. The van der Waals surface area contributed by atoms with Crippen LogP contribution in [0.5, 0.6) is 0 Å². The van der Waals surface area contributed by atoms with E-state index in [0.29, 0.717) is 13.1 Å². The molecule has 1 amide bonds. The monoisotopic (exact) mass is 299 g/mol. The molecule has 20 heavy (non-hydrogen) atoms. The maximum absolute atomic E-state index is 12.1. The van der Waals surface area contributed by atoms with Gasteiger partial charge in [0.2, 0.25) is 5.91 Å². The maximum atomic E-state index is 12.1. The lowest BCUT2D eigenvalue weighted by molar-refractivity contribution is -0.121. The van der Waals surface area contributed by atoms with E-state index in [2.05, 4.69) is 29.4 Å². The molecule has 0 aliphatic heterocycles. The molecule has 0 bridgehead atoms. The molecule has 1 atom stereocenters. The molecule has 0 radical (unpaired) electrons. The van der Waals surface area contributed by atoms with E-state index in [1.165, 1.54) is 11.8 Å². The molecule has 3 N–H and O–H groups in total. The Labute approximate surface area is 124 Å². The summed E-state index contributed by atoms with van der Waals surface area (Å²) in [4.78, 5) is 12.1. The lowest BCUT2D eigenvalue weighted by Gasteiger charge is -2.18. The normalized spacial score (nSPS) is 12.7. The highest BCUT2D eigenvalue weighted by Crippen LogP contribution is 2.22. The molecule has 0 aliphatic carbocycles. The minimum Gasteiger partial charge on any atom is -0.352 e. The van der Waals surface area contributed by atoms with Gasteiger partial charge in [0, 0.05) is 19.1 Å². The molecule has 1 aromatic rings. The van der Waals surface area contributed by atoms with Gasteiger partial charge in [-0.05, 0) is 26.7 Å². The number of nitrogens with one attached hydrogen (secondary N) is 1. The zero-order chi connectivity index (χ0) is 15.1. The van der Waals surface area contributed by atoms with Crippen molar-refractivity contribution in [1.29, 1.82) is 0 Å². The topological polar surface area (TPSA) is 85.8 Å². The van der Waals surface area contributed by atoms with Gasteiger partial charge < -0.3 is 15.6 Å². The van der Waals surface area contributed by atoms with Crippen LogP contribution in [-0.4, -0.2) is 38.5 Å². The molecule has 7 heteroatoms. The molecular formula is C13H25N5OS. The van der Waals surface area contributed by atoms with Gasteiger partial charge in [-0.3, -0.25) is 4.79 Å². The van der Waals surface area contributed by atoms with Crippen molar-refractivity contribution in [2.75, 3.05) is 6.54 Å². The van der Waals surface area contributed by atoms with E-state index in [1.807, 2.05) is 18.4 Å². The molecule has 6 nitrogen and oxygen atoms in total. The summed E-state index contributed by atoms with van der Waals surface area (Å²) < 4.78 is 1.95. The minimum absolute atomic E-state index is 0.0450. The summed E-state index contributed by atoms with van der Waals surface area (Å²) in [7, 11) is 0. The average molecular weight is 299 g/mol. The van der Waals surface area contributed by atoms with Crippen molar-refractivity contribution in [2.24, 2.45) is 5.73 Å². The fraction of sp³-hybridized carbons (Fsp3) is 0.769. The van der Waals surface area contributed by atoms with Gasteiger partial charge in [0.15, 0.2) is 5.16 Å². The minimum atomic E-state index is -0.198. The number of rotatable bonds is 8. The van der Waals surface area contributed by atoms with E-state index in [1.54, 1.807) is 0 Å². The molecule has 1 unspecified atom stereocenters. The third kappa shape index (κ3) is 4.49. The molecule has 1 heterocycles. The number of amides is 1. The van der Waals surface area contributed by atoms with Crippen LogP contribution in [0.1, 0.15) is 39.4 Å². The van der Waals surface area contributed by atoms with Gasteiger partial charge in [0.05, 0.1) is 5.25 Å². The molecule has 0 aromatic carbocycles. The van der Waals surface area contributed by atoms with Crippen molar-refractivity contribution < 1.29 is 4.79 Å². The van der Waals surface area contributed by atoms with Gasteiger partial charge in [-0.15, -0.1) is 10.2 Å². The number of nitrogens with two attached hydrogens (primary N) is 1. The number of carbonyl (C=O) groups excluding carboxylic acids is 1. The maximum Gasteiger partial charge on any atom is 0.233 e. The summed E-state index contributed by atoms with van der Waals surface area (Å²) in [6.07, 6.45) is 1.89. The lowest BCUT2D eigenvalue weighted by Crippen LogP contribution is -2.38. The molecule has 1 aromatic heterocycles. The van der Waals surface area contributed by atoms with Gasteiger partial charge in [-0.25, -0.2) is 0 Å². The summed E-state index contributed by atoms with van der Waals surface area (Å²) in [5.74, 6) is 0.870. The summed E-state index contributed by atoms with van der Waals surface area (Å²) in [5, 5.41) is 11.8. The number of hydrogen-bond donors (Lipinski definition) is 2. The summed E-state index contributed by atoms with van der Waals surface area (Å²) in [5.41, 5.74) is 5.59. The van der Waals surface area contributed by atoms with Gasteiger partial charge in [0.1, 0.15) is 5.82 Å². The van der Waals surface area contributed by atoms with Crippen LogP contribution in [0.4, 0.5) is 0 Å². The van der Waals surface area contributed by atoms with Gasteiger partial charge in [0.25, 0.3) is 0 Å². The summed E-state index contributed by atoms with van der Waals surface area (Å²) >= 11 is 1.42. The van der Waals surface area contributed by atoms with Crippen LogP contribution in [0.2, 0.25) is 0 Å². The standard InChI is InChI=1S/C13H25N5OS/c1-5-11(6-2)15-12(19)9(3)20-13-17-16-10(4)18(13)8-7-14/h9,11H,5-8,14H2,1-4H3,(H,15,19). The van der Waals surface area contributed by atoms with E-state index in [4.69, 9.17) is 5.73 Å². The average Bonchev–Trinajstić information content (AvgIpc) is 2.77. The first-order valence-corrected chi connectivity index (χ1v) is 7.98. The van der Waals surface area contributed by atoms with Gasteiger partial charge >= 0.3 is 0 Å². The SMILES string of the molecule is CCC(CC)NC(=O)C(C)Sc1nnc(C)n1CCN. The third-order valence-electron chi connectivity index (χ3n) is 3.24. The number of carbonyl (C=O) groups is 1. The Morgan fingerprint density at radius 1 is 1.40 bits per heavy atom. The van der Waals surface area contributed by atoms with Crippen molar-refractivity contribution in [3.05, 3.63) is 5.82 Å². The van der Waals surface area contributed by atoms with Crippen molar-refractivity contribution in [2.45, 2.75) is 63.5 Å². The smallest absolute Gasteiger partial charge is 0.233 e. The van der Waals surface area contributed by atoms with Crippen LogP contribution in [0, 0.1) is 6.92 Å². The predicted molar refractivity (Wildman–Crippen MR) is 81.6 cm³/mol. The highest BCUT2D eigenvalue weighted by atomic mass is 32.2. The Balaban J connectivity index is 2.65. The Morgan fingerprint density at radius 3 is 2.60 bits per heavy atom. The quantitative estimate of drug-likeness (QED) is 0.707. The van der Waals surface area contributed by atoms with Crippen LogP contribution in [0.25, 0.3) is 0 Å². The van der Waals surface area contributed by atoms with Crippen molar-refractivity contribution in [1.82, 2.24) is 20.1 Å². The van der Waals surface area contributed by atoms with Crippen molar-refractivity contribution in [3.63, 3.8) is 0 Å². The first-order chi connectivity index (χ1) is 9.53. The van der Waals surface area contributed by atoms with Crippen LogP contribution in [0.3, 0.4) is 0 Å². The number of aromatic nitrogens is 3. The van der Waals surface area contributed by atoms with Crippen LogP contribution in [-0.2, 0) is 11.3 Å². The third-order valence-corrected chi connectivity index (χ3v) is 4.32. The van der Waals surface area contributed by atoms with Crippen LogP contribution >= 0.6 is 11.8 Å². The van der Waals surface area contributed by atoms with Crippen molar-refractivity contribution in [3.8, 4) is 0 Å². The second-order valence-electron chi connectivity index (χ2n) is 4.75. The summed E-state index contributed by atoms with van der Waals surface area (Å²) in [6.45, 7) is 9.13.